The molecule has 0 bridgehead atoms. The SMILES string of the molecule is NC(=O)[C@H](CCC(=O)O)NC(=O)c1ccncc1. The molecule has 18 heavy (non-hydrogen) atoms. The van der Waals surface area contributed by atoms with Crippen molar-refractivity contribution in [3.05, 3.63) is 30.1 Å². The molecular weight excluding hydrogens is 238 g/mol. The lowest BCUT2D eigenvalue weighted by Gasteiger charge is -2.14. The van der Waals surface area contributed by atoms with Gasteiger partial charge < -0.3 is 16.2 Å². The number of hydrogen-bond acceptors (Lipinski definition) is 4. The molecule has 7 nitrogen and oxygen atoms in total. The Hall–Kier alpha value is -2.44. The summed E-state index contributed by atoms with van der Waals surface area (Å²) in [6.45, 7) is 0. The van der Waals surface area contributed by atoms with E-state index in [4.69, 9.17) is 10.8 Å². The summed E-state index contributed by atoms with van der Waals surface area (Å²) in [5, 5.41) is 10.9. The van der Waals surface area contributed by atoms with Gasteiger partial charge in [-0.15, -0.1) is 0 Å². The zero-order valence-electron chi connectivity index (χ0n) is 9.50. The second-order valence-electron chi connectivity index (χ2n) is 3.60. The number of hydrogen-bond donors (Lipinski definition) is 3. The summed E-state index contributed by atoms with van der Waals surface area (Å²) >= 11 is 0. The Bertz CT molecular complexity index is 447. The zero-order valence-corrected chi connectivity index (χ0v) is 9.50. The standard InChI is InChI=1S/C11H13N3O4/c12-10(17)8(1-2-9(15)16)14-11(18)7-3-5-13-6-4-7/h3-6,8H,1-2H2,(H2,12,17)(H,14,18)(H,15,16)/t8-/m0/s1. The zero-order chi connectivity index (χ0) is 13.5. The fourth-order valence-corrected chi connectivity index (χ4v) is 1.30. The number of aromatic nitrogens is 1. The third kappa shape index (κ3) is 4.20. The lowest BCUT2D eigenvalue weighted by Crippen LogP contribution is -2.44. The molecule has 4 N–H and O–H groups in total. The van der Waals surface area contributed by atoms with E-state index >= 15 is 0 Å². The maximum absolute atomic E-state index is 11.7. The minimum absolute atomic E-state index is 0.0402. The molecule has 0 saturated carbocycles. The third-order valence-electron chi connectivity index (χ3n) is 2.24. The van der Waals surface area contributed by atoms with Crippen molar-refractivity contribution >= 4 is 17.8 Å². The fraction of sp³-hybridized carbons (Fsp3) is 0.273. The van der Waals surface area contributed by atoms with Crippen LogP contribution < -0.4 is 11.1 Å². The predicted octanol–water partition coefficient (Wildman–Crippen LogP) is -0.470. The Morgan fingerprint density at radius 3 is 2.44 bits per heavy atom. The van der Waals surface area contributed by atoms with Crippen LogP contribution >= 0.6 is 0 Å². The molecule has 0 radical (unpaired) electrons. The van der Waals surface area contributed by atoms with Crippen LogP contribution in [0.3, 0.4) is 0 Å². The monoisotopic (exact) mass is 251 g/mol. The molecular formula is C11H13N3O4. The van der Waals surface area contributed by atoms with E-state index in [1.54, 1.807) is 0 Å². The Labute approximate surface area is 103 Å². The number of pyridine rings is 1. The smallest absolute Gasteiger partial charge is 0.303 e. The molecule has 1 aromatic rings. The molecule has 0 spiro atoms. The van der Waals surface area contributed by atoms with Gasteiger partial charge in [-0.2, -0.15) is 0 Å². The predicted molar refractivity (Wildman–Crippen MR) is 61.6 cm³/mol. The molecule has 0 aliphatic rings. The van der Waals surface area contributed by atoms with Gasteiger partial charge in [0.1, 0.15) is 6.04 Å². The van der Waals surface area contributed by atoms with Crippen molar-refractivity contribution in [1.29, 1.82) is 0 Å². The molecule has 0 fully saturated rings. The first-order chi connectivity index (χ1) is 8.50. The number of nitrogens with two attached hydrogens (primary N) is 1. The van der Waals surface area contributed by atoms with Crippen molar-refractivity contribution in [1.82, 2.24) is 10.3 Å². The first kappa shape index (κ1) is 13.6. The second kappa shape index (κ2) is 6.33. The molecule has 2 amide bonds. The summed E-state index contributed by atoms with van der Waals surface area (Å²) in [5.41, 5.74) is 5.42. The Kier molecular flexibility index (Phi) is 4.79. The highest BCUT2D eigenvalue weighted by Crippen LogP contribution is 2.01. The topological polar surface area (TPSA) is 122 Å². The largest absolute Gasteiger partial charge is 0.481 e. The summed E-state index contributed by atoms with van der Waals surface area (Å²) in [5.74, 6) is -2.32. The number of nitrogens with one attached hydrogen (secondary N) is 1. The van der Waals surface area contributed by atoms with Crippen LogP contribution in [0.1, 0.15) is 23.2 Å². The highest BCUT2D eigenvalue weighted by molar-refractivity contribution is 5.97. The number of primary amides is 1. The van der Waals surface area contributed by atoms with Crippen molar-refractivity contribution < 1.29 is 19.5 Å². The number of carboxylic acids is 1. The maximum Gasteiger partial charge on any atom is 0.303 e. The van der Waals surface area contributed by atoms with E-state index < -0.39 is 23.8 Å². The number of carbonyl (C=O) groups is 3. The van der Waals surface area contributed by atoms with Gasteiger partial charge in [-0.25, -0.2) is 0 Å². The number of nitrogens with zero attached hydrogens (tertiary/aromatic N) is 1. The molecule has 0 aliphatic carbocycles. The molecule has 1 aromatic heterocycles. The molecule has 0 aromatic carbocycles. The van der Waals surface area contributed by atoms with Gasteiger partial charge in [0.25, 0.3) is 5.91 Å². The Balaban J connectivity index is 2.64. The van der Waals surface area contributed by atoms with Crippen LogP contribution in [0, 0.1) is 0 Å². The molecule has 0 aliphatic heterocycles. The van der Waals surface area contributed by atoms with Gasteiger partial charge in [-0.05, 0) is 18.6 Å². The summed E-state index contributed by atoms with van der Waals surface area (Å²) in [4.78, 5) is 37.0. The number of amides is 2. The third-order valence-corrected chi connectivity index (χ3v) is 2.24. The maximum atomic E-state index is 11.7. The number of carbonyl (C=O) groups excluding carboxylic acids is 2. The van der Waals surface area contributed by atoms with Crippen LogP contribution in [0.2, 0.25) is 0 Å². The summed E-state index contributed by atoms with van der Waals surface area (Å²) in [6.07, 6.45) is 2.59. The van der Waals surface area contributed by atoms with Gasteiger partial charge in [0.15, 0.2) is 0 Å². The van der Waals surface area contributed by atoms with E-state index in [-0.39, 0.29) is 12.8 Å². The van der Waals surface area contributed by atoms with Crippen LogP contribution in [0.15, 0.2) is 24.5 Å². The lowest BCUT2D eigenvalue weighted by atomic mass is 10.1. The quantitative estimate of drug-likeness (QED) is 0.630. The van der Waals surface area contributed by atoms with Crippen molar-refractivity contribution in [3.8, 4) is 0 Å². The van der Waals surface area contributed by atoms with Crippen molar-refractivity contribution in [2.24, 2.45) is 5.73 Å². The molecule has 96 valence electrons. The van der Waals surface area contributed by atoms with E-state index in [0.717, 1.165) is 0 Å². The first-order valence-corrected chi connectivity index (χ1v) is 5.22. The van der Waals surface area contributed by atoms with Gasteiger partial charge in [0.2, 0.25) is 5.91 Å². The molecule has 1 rings (SSSR count). The molecule has 1 atom stereocenters. The van der Waals surface area contributed by atoms with E-state index in [2.05, 4.69) is 10.3 Å². The van der Waals surface area contributed by atoms with E-state index in [0.29, 0.717) is 5.56 Å². The Morgan fingerprint density at radius 1 is 1.33 bits per heavy atom. The van der Waals surface area contributed by atoms with Gasteiger partial charge >= 0.3 is 5.97 Å². The average molecular weight is 251 g/mol. The average Bonchev–Trinajstić information content (AvgIpc) is 2.34. The number of aliphatic carboxylic acids is 1. The highest BCUT2D eigenvalue weighted by Gasteiger charge is 2.19. The van der Waals surface area contributed by atoms with Crippen molar-refractivity contribution in [2.45, 2.75) is 18.9 Å². The Morgan fingerprint density at radius 2 is 1.94 bits per heavy atom. The summed E-state index contributed by atoms with van der Waals surface area (Å²) in [6, 6.07) is 1.96. The minimum atomic E-state index is -1.06. The highest BCUT2D eigenvalue weighted by atomic mass is 16.4. The molecule has 0 unspecified atom stereocenters. The lowest BCUT2D eigenvalue weighted by molar-refractivity contribution is -0.137. The van der Waals surface area contributed by atoms with Gasteiger partial charge in [-0.1, -0.05) is 0 Å². The van der Waals surface area contributed by atoms with Crippen LogP contribution in [0.5, 0.6) is 0 Å². The summed E-state index contributed by atoms with van der Waals surface area (Å²) in [7, 11) is 0. The van der Waals surface area contributed by atoms with Crippen LogP contribution in [-0.2, 0) is 9.59 Å². The molecule has 1 heterocycles. The second-order valence-corrected chi connectivity index (χ2v) is 3.60. The van der Waals surface area contributed by atoms with Crippen LogP contribution in [0.25, 0.3) is 0 Å². The van der Waals surface area contributed by atoms with E-state index in [9.17, 15) is 14.4 Å². The van der Waals surface area contributed by atoms with Crippen molar-refractivity contribution in [3.63, 3.8) is 0 Å². The van der Waals surface area contributed by atoms with Gasteiger partial charge in [0, 0.05) is 24.4 Å². The number of carboxylic acid groups (broad SMARTS) is 1. The van der Waals surface area contributed by atoms with Crippen LogP contribution in [0.4, 0.5) is 0 Å². The fourth-order valence-electron chi connectivity index (χ4n) is 1.30. The molecule has 0 saturated heterocycles. The van der Waals surface area contributed by atoms with E-state index in [1.807, 2.05) is 0 Å². The van der Waals surface area contributed by atoms with Crippen molar-refractivity contribution in [2.75, 3.05) is 0 Å². The van der Waals surface area contributed by atoms with Gasteiger partial charge in [-0.3, -0.25) is 19.4 Å². The number of rotatable bonds is 6. The van der Waals surface area contributed by atoms with E-state index in [1.165, 1.54) is 24.5 Å². The van der Waals surface area contributed by atoms with Gasteiger partial charge in [0.05, 0.1) is 0 Å². The summed E-state index contributed by atoms with van der Waals surface area (Å²) < 4.78 is 0. The molecule has 7 heteroatoms. The van der Waals surface area contributed by atoms with Crippen LogP contribution in [-0.4, -0.2) is 33.9 Å². The minimum Gasteiger partial charge on any atom is -0.481 e. The first-order valence-electron chi connectivity index (χ1n) is 5.22. The normalized spacial score (nSPS) is 11.6.